The highest BCUT2D eigenvalue weighted by Gasteiger charge is 2.12. The van der Waals surface area contributed by atoms with Gasteiger partial charge in [-0.25, -0.2) is 0 Å². The van der Waals surface area contributed by atoms with Gasteiger partial charge >= 0.3 is 0 Å². The molecule has 1 fully saturated rings. The number of hydrogen-bond acceptors (Lipinski definition) is 3. The molecule has 0 aliphatic carbocycles. The Kier molecular flexibility index (Phi) is 5.05. The average molecular weight is 184 g/mol. The fourth-order valence-corrected chi connectivity index (χ4v) is 1.57. The lowest BCUT2D eigenvalue weighted by Gasteiger charge is -2.19. The first-order valence-electron chi connectivity index (χ1n) is 5.02. The fraction of sp³-hybridized carbons (Fsp3) is 0.800. The molecule has 3 nitrogen and oxygen atoms in total. The molecular formula is C10H20N2O. The molecule has 0 aromatic carbocycles. The Labute approximate surface area is 80.5 Å². The van der Waals surface area contributed by atoms with E-state index in [-0.39, 0.29) is 0 Å². The van der Waals surface area contributed by atoms with E-state index in [4.69, 9.17) is 10.5 Å². The zero-order valence-electron chi connectivity index (χ0n) is 8.41. The van der Waals surface area contributed by atoms with Crippen molar-refractivity contribution in [2.45, 2.75) is 19.4 Å². The summed E-state index contributed by atoms with van der Waals surface area (Å²) in [7, 11) is 0. The monoisotopic (exact) mass is 184 g/mol. The molecule has 0 aromatic rings. The molecule has 0 amide bonds. The van der Waals surface area contributed by atoms with Gasteiger partial charge in [-0.05, 0) is 13.3 Å². The molecule has 1 rings (SSSR count). The van der Waals surface area contributed by atoms with Crippen LogP contribution in [0.5, 0.6) is 0 Å². The molecule has 3 heteroatoms. The molecule has 1 aliphatic rings. The predicted molar refractivity (Wildman–Crippen MR) is 54.7 cm³/mol. The van der Waals surface area contributed by atoms with E-state index in [2.05, 4.69) is 17.9 Å². The van der Waals surface area contributed by atoms with Gasteiger partial charge in [-0.2, -0.15) is 0 Å². The van der Waals surface area contributed by atoms with Gasteiger partial charge in [-0.15, -0.1) is 0 Å². The summed E-state index contributed by atoms with van der Waals surface area (Å²) in [6, 6.07) is 0. The van der Waals surface area contributed by atoms with Crippen molar-refractivity contribution < 1.29 is 4.74 Å². The topological polar surface area (TPSA) is 38.5 Å². The third-order valence-corrected chi connectivity index (χ3v) is 2.20. The minimum Gasteiger partial charge on any atom is -0.377 e. The van der Waals surface area contributed by atoms with Crippen LogP contribution in [0.2, 0.25) is 0 Å². The van der Waals surface area contributed by atoms with Gasteiger partial charge in [-0.3, -0.25) is 4.90 Å². The van der Waals surface area contributed by atoms with Gasteiger partial charge in [0, 0.05) is 32.8 Å². The van der Waals surface area contributed by atoms with Gasteiger partial charge in [0.15, 0.2) is 0 Å². The van der Waals surface area contributed by atoms with Crippen molar-refractivity contribution in [3.05, 3.63) is 12.2 Å². The zero-order chi connectivity index (χ0) is 9.52. The van der Waals surface area contributed by atoms with Gasteiger partial charge < -0.3 is 10.5 Å². The summed E-state index contributed by atoms with van der Waals surface area (Å²) in [4.78, 5) is 2.41. The maximum absolute atomic E-state index is 5.55. The Bertz CT molecular complexity index is 159. The molecule has 1 unspecified atom stereocenters. The van der Waals surface area contributed by atoms with Crippen LogP contribution in [0.15, 0.2) is 12.2 Å². The molecule has 0 bridgehead atoms. The minimum absolute atomic E-state index is 0.369. The van der Waals surface area contributed by atoms with E-state index < -0.39 is 0 Å². The second kappa shape index (κ2) is 6.13. The number of ether oxygens (including phenoxy) is 1. The number of nitrogens with zero attached hydrogens (tertiary/aromatic N) is 1. The van der Waals surface area contributed by atoms with Gasteiger partial charge in [-0.1, -0.05) is 12.2 Å². The molecule has 1 aliphatic heterocycles. The third-order valence-electron chi connectivity index (χ3n) is 2.20. The van der Waals surface area contributed by atoms with Crippen molar-refractivity contribution in [3.8, 4) is 0 Å². The lowest BCUT2D eigenvalue weighted by Crippen LogP contribution is -2.30. The number of rotatable bonds is 3. The van der Waals surface area contributed by atoms with E-state index >= 15 is 0 Å². The van der Waals surface area contributed by atoms with Crippen LogP contribution in [0.4, 0.5) is 0 Å². The van der Waals surface area contributed by atoms with Crippen LogP contribution in [0.25, 0.3) is 0 Å². The maximum atomic E-state index is 5.55. The van der Waals surface area contributed by atoms with Gasteiger partial charge in [0.1, 0.15) is 0 Å². The van der Waals surface area contributed by atoms with E-state index in [0.29, 0.717) is 12.6 Å². The summed E-state index contributed by atoms with van der Waals surface area (Å²) in [5.74, 6) is 0. The molecule has 0 radical (unpaired) electrons. The van der Waals surface area contributed by atoms with Crippen LogP contribution in [0.1, 0.15) is 13.3 Å². The molecule has 13 heavy (non-hydrogen) atoms. The maximum Gasteiger partial charge on any atom is 0.0674 e. The normalized spacial score (nSPS) is 26.5. The first-order chi connectivity index (χ1) is 6.33. The van der Waals surface area contributed by atoms with Crippen molar-refractivity contribution in [2.75, 3.05) is 32.8 Å². The van der Waals surface area contributed by atoms with Crippen LogP contribution in [-0.2, 0) is 4.74 Å². The standard InChI is InChI=1S/C10H20N2O/c1-10-9-12(6-3-2-5-11)7-4-8-13-10/h2-3,10H,4-9,11H2,1H3. The van der Waals surface area contributed by atoms with E-state index in [9.17, 15) is 0 Å². The van der Waals surface area contributed by atoms with Gasteiger partial charge in [0.05, 0.1) is 6.10 Å². The molecule has 2 N–H and O–H groups in total. The highest BCUT2D eigenvalue weighted by molar-refractivity contribution is 4.86. The van der Waals surface area contributed by atoms with Crippen molar-refractivity contribution in [1.29, 1.82) is 0 Å². The lowest BCUT2D eigenvalue weighted by molar-refractivity contribution is 0.0692. The van der Waals surface area contributed by atoms with Crippen LogP contribution >= 0.6 is 0 Å². The molecular weight excluding hydrogens is 164 g/mol. The molecule has 1 atom stereocenters. The third kappa shape index (κ3) is 4.41. The summed E-state index contributed by atoms with van der Waals surface area (Å²) in [5, 5.41) is 0. The second-order valence-corrected chi connectivity index (χ2v) is 3.50. The van der Waals surface area contributed by atoms with Crippen molar-refractivity contribution >= 4 is 0 Å². The first kappa shape index (κ1) is 10.7. The SMILES string of the molecule is CC1CN(CC=CCN)CCCO1. The summed E-state index contributed by atoms with van der Waals surface area (Å²) in [6.07, 6.45) is 5.66. The van der Waals surface area contributed by atoms with Crippen molar-refractivity contribution in [2.24, 2.45) is 5.73 Å². The second-order valence-electron chi connectivity index (χ2n) is 3.50. The molecule has 76 valence electrons. The van der Waals surface area contributed by atoms with Crippen LogP contribution in [0.3, 0.4) is 0 Å². The average Bonchev–Trinajstić information content (AvgIpc) is 2.31. The molecule has 0 aromatic heterocycles. The van der Waals surface area contributed by atoms with E-state index in [1.165, 1.54) is 0 Å². The highest BCUT2D eigenvalue weighted by atomic mass is 16.5. The summed E-state index contributed by atoms with van der Waals surface area (Å²) in [5.41, 5.74) is 5.37. The predicted octanol–water partition coefficient (Wildman–Crippen LogP) is 0.612. The van der Waals surface area contributed by atoms with Crippen molar-refractivity contribution in [1.82, 2.24) is 4.90 Å². The first-order valence-corrected chi connectivity index (χ1v) is 5.02. The van der Waals surface area contributed by atoms with Crippen LogP contribution in [-0.4, -0.2) is 43.8 Å². The van der Waals surface area contributed by atoms with Gasteiger partial charge in [0.2, 0.25) is 0 Å². The number of hydrogen-bond donors (Lipinski definition) is 1. The van der Waals surface area contributed by atoms with Crippen LogP contribution < -0.4 is 5.73 Å². The molecule has 1 saturated heterocycles. The lowest BCUT2D eigenvalue weighted by atomic mass is 10.3. The van der Waals surface area contributed by atoms with Gasteiger partial charge in [0.25, 0.3) is 0 Å². The molecule has 1 heterocycles. The molecule has 0 spiro atoms. The zero-order valence-corrected chi connectivity index (χ0v) is 8.41. The quantitative estimate of drug-likeness (QED) is 0.653. The largest absolute Gasteiger partial charge is 0.377 e. The van der Waals surface area contributed by atoms with E-state index in [1.807, 2.05) is 6.08 Å². The Balaban J connectivity index is 2.26. The highest BCUT2D eigenvalue weighted by Crippen LogP contribution is 2.04. The smallest absolute Gasteiger partial charge is 0.0674 e. The number of nitrogens with two attached hydrogens (primary N) is 1. The minimum atomic E-state index is 0.369. The molecule has 0 saturated carbocycles. The van der Waals surface area contributed by atoms with E-state index in [0.717, 1.165) is 32.7 Å². The Morgan fingerprint density at radius 3 is 3.15 bits per heavy atom. The van der Waals surface area contributed by atoms with E-state index in [1.54, 1.807) is 0 Å². The van der Waals surface area contributed by atoms with Crippen molar-refractivity contribution in [3.63, 3.8) is 0 Å². The Morgan fingerprint density at radius 1 is 1.54 bits per heavy atom. The summed E-state index contributed by atoms with van der Waals surface area (Å²) < 4.78 is 5.55. The summed E-state index contributed by atoms with van der Waals surface area (Å²) in [6.45, 7) is 6.85. The fourth-order valence-electron chi connectivity index (χ4n) is 1.57. The van der Waals surface area contributed by atoms with Crippen LogP contribution in [0, 0.1) is 0 Å². The summed E-state index contributed by atoms with van der Waals surface area (Å²) >= 11 is 0. The Morgan fingerprint density at radius 2 is 2.38 bits per heavy atom. The Hall–Kier alpha value is -0.380.